The first-order valence-electron chi connectivity index (χ1n) is 6.50. The summed E-state index contributed by atoms with van der Waals surface area (Å²) in [6.07, 6.45) is -0.801. The van der Waals surface area contributed by atoms with Crippen molar-refractivity contribution in [3.63, 3.8) is 0 Å². The maximum atomic E-state index is 11.5. The zero-order valence-electron chi connectivity index (χ0n) is 12.8. The Hall–Kier alpha value is -0.950. The van der Waals surface area contributed by atoms with Crippen LogP contribution in [0.25, 0.3) is 0 Å². The lowest BCUT2D eigenvalue weighted by molar-refractivity contribution is 0.126. The molecular weight excluding hydrogens is 278 g/mol. The van der Waals surface area contributed by atoms with Gasteiger partial charge in [-0.2, -0.15) is 8.42 Å². The third kappa shape index (κ3) is 8.27. The first kappa shape index (κ1) is 19.1. The average molecular weight is 303 g/mol. The number of aryl methyl sites for hydroxylation is 1. The van der Waals surface area contributed by atoms with E-state index in [1.54, 1.807) is 12.1 Å². The molecular formula is C14H25NO4S. The summed E-state index contributed by atoms with van der Waals surface area (Å²) < 4.78 is 27.7. The van der Waals surface area contributed by atoms with Crippen molar-refractivity contribution in [2.75, 3.05) is 13.7 Å². The highest BCUT2D eigenvalue weighted by Crippen LogP contribution is 2.13. The summed E-state index contributed by atoms with van der Waals surface area (Å²) in [4.78, 5) is 0.105. The van der Waals surface area contributed by atoms with Crippen LogP contribution in [0.2, 0.25) is 0 Å². The van der Waals surface area contributed by atoms with E-state index in [9.17, 15) is 8.42 Å². The molecule has 1 aromatic rings. The van der Waals surface area contributed by atoms with Gasteiger partial charge < -0.3 is 10.4 Å². The minimum absolute atomic E-state index is 0.105. The monoisotopic (exact) mass is 303 g/mol. The smallest absolute Gasteiger partial charge is 0.297 e. The van der Waals surface area contributed by atoms with Gasteiger partial charge in [0.2, 0.25) is 0 Å². The summed E-state index contributed by atoms with van der Waals surface area (Å²) in [6.45, 7) is 7.33. The average Bonchev–Trinajstić information content (AvgIpc) is 2.38. The first-order valence-corrected chi connectivity index (χ1v) is 7.91. The fourth-order valence-electron chi connectivity index (χ4n) is 0.961. The summed E-state index contributed by atoms with van der Waals surface area (Å²) in [6, 6.07) is 6.98. The third-order valence-electron chi connectivity index (χ3n) is 2.35. The Bertz CT molecular complexity index is 466. The molecule has 0 saturated carbocycles. The van der Waals surface area contributed by atoms with Gasteiger partial charge in [-0.25, -0.2) is 0 Å². The first-order chi connectivity index (χ1) is 9.19. The van der Waals surface area contributed by atoms with Crippen molar-refractivity contribution in [3.8, 4) is 0 Å². The minimum atomic E-state index is -3.73. The van der Waals surface area contributed by atoms with E-state index >= 15 is 0 Å². The maximum Gasteiger partial charge on any atom is 0.297 e. The molecule has 0 bridgehead atoms. The van der Waals surface area contributed by atoms with Gasteiger partial charge in [0.15, 0.2) is 0 Å². The van der Waals surface area contributed by atoms with Gasteiger partial charge in [-0.3, -0.25) is 4.18 Å². The lowest BCUT2D eigenvalue weighted by atomic mass is 10.2. The van der Waals surface area contributed by atoms with E-state index in [0.29, 0.717) is 6.04 Å². The van der Waals surface area contributed by atoms with Crippen LogP contribution in [0.1, 0.15) is 26.3 Å². The summed E-state index contributed by atoms with van der Waals surface area (Å²) in [7, 11) is -1.78. The van der Waals surface area contributed by atoms with Gasteiger partial charge in [0.25, 0.3) is 10.1 Å². The van der Waals surface area contributed by atoms with E-state index < -0.39 is 16.2 Å². The van der Waals surface area contributed by atoms with Crippen molar-refractivity contribution in [2.45, 2.75) is 44.7 Å². The normalized spacial score (nSPS) is 12.8. The molecule has 0 aliphatic heterocycles. The van der Waals surface area contributed by atoms with Crippen molar-refractivity contribution in [2.24, 2.45) is 0 Å². The minimum Gasteiger partial charge on any atom is -0.391 e. The molecule has 0 aliphatic carbocycles. The number of aliphatic hydroxyl groups excluding tert-OH is 1. The second-order valence-electron chi connectivity index (χ2n) is 4.84. The molecule has 0 radical (unpaired) electrons. The highest BCUT2D eigenvalue weighted by Gasteiger charge is 2.15. The fourth-order valence-corrected chi connectivity index (χ4v) is 1.94. The molecule has 0 fully saturated rings. The largest absolute Gasteiger partial charge is 0.391 e. The molecule has 1 unspecified atom stereocenters. The Balaban J connectivity index is 0.000000621. The molecule has 0 aromatic heterocycles. The molecule has 1 rings (SSSR count). The molecule has 6 heteroatoms. The lowest BCUT2D eigenvalue weighted by Gasteiger charge is -2.07. The SMILES string of the molecule is CNC(C)C.Cc1ccc(S(=O)(=O)OCC(C)O)cc1. The molecule has 20 heavy (non-hydrogen) atoms. The second kappa shape index (κ2) is 9.07. The molecule has 2 N–H and O–H groups in total. The molecule has 1 atom stereocenters. The van der Waals surface area contributed by atoms with Crippen molar-refractivity contribution in [1.29, 1.82) is 0 Å². The standard InChI is InChI=1S/C10H14O4S.C4H11N/c1-8-3-5-10(6-4-8)15(12,13)14-7-9(2)11;1-4(2)5-3/h3-6,9,11H,7H2,1-2H3;4-5H,1-3H3. The third-order valence-corrected chi connectivity index (χ3v) is 3.65. The van der Waals surface area contributed by atoms with Gasteiger partial charge in [-0.1, -0.05) is 31.5 Å². The summed E-state index contributed by atoms with van der Waals surface area (Å²) >= 11 is 0. The van der Waals surface area contributed by atoms with Crippen molar-refractivity contribution >= 4 is 10.1 Å². The Morgan fingerprint density at radius 3 is 2.00 bits per heavy atom. The van der Waals surface area contributed by atoms with Crippen LogP contribution in [-0.4, -0.2) is 39.3 Å². The predicted octanol–water partition coefficient (Wildman–Crippen LogP) is 1.70. The Morgan fingerprint density at radius 2 is 1.65 bits per heavy atom. The van der Waals surface area contributed by atoms with Crippen molar-refractivity contribution in [1.82, 2.24) is 5.32 Å². The van der Waals surface area contributed by atoms with Crippen LogP contribution < -0.4 is 5.32 Å². The zero-order chi connectivity index (χ0) is 15.8. The lowest BCUT2D eigenvalue weighted by Crippen LogP contribution is -2.15. The molecule has 116 valence electrons. The van der Waals surface area contributed by atoms with Crippen molar-refractivity contribution < 1.29 is 17.7 Å². The van der Waals surface area contributed by atoms with Gasteiger partial charge in [0, 0.05) is 6.04 Å². The van der Waals surface area contributed by atoms with E-state index in [0.717, 1.165) is 5.56 Å². The fraction of sp³-hybridized carbons (Fsp3) is 0.571. The van der Waals surface area contributed by atoms with Gasteiger partial charge in [0.1, 0.15) is 0 Å². The topological polar surface area (TPSA) is 75.6 Å². The Morgan fingerprint density at radius 1 is 1.20 bits per heavy atom. The number of nitrogens with one attached hydrogen (secondary N) is 1. The Kier molecular flexibility index (Phi) is 8.64. The molecule has 0 heterocycles. The van der Waals surface area contributed by atoms with Gasteiger partial charge in [-0.15, -0.1) is 0 Å². The number of aliphatic hydroxyl groups is 1. The molecule has 1 aromatic carbocycles. The zero-order valence-corrected chi connectivity index (χ0v) is 13.6. The summed E-state index contributed by atoms with van der Waals surface area (Å²) in [5.41, 5.74) is 0.976. The number of hydrogen-bond acceptors (Lipinski definition) is 5. The van der Waals surface area contributed by atoms with Crippen LogP contribution in [0.5, 0.6) is 0 Å². The highest BCUT2D eigenvalue weighted by molar-refractivity contribution is 7.86. The molecule has 5 nitrogen and oxygen atoms in total. The van der Waals surface area contributed by atoms with E-state index in [1.165, 1.54) is 19.1 Å². The van der Waals surface area contributed by atoms with E-state index in [1.807, 2.05) is 14.0 Å². The van der Waals surface area contributed by atoms with Crippen LogP contribution in [0.15, 0.2) is 29.2 Å². The number of rotatable bonds is 5. The number of benzene rings is 1. The predicted molar refractivity (Wildman–Crippen MR) is 80.2 cm³/mol. The summed E-state index contributed by atoms with van der Waals surface area (Å²) in [5.74, 6) is 0. The van der Waals surface area contributed by atoms with Crippen molar-refractivity contribution in [3.05, 3.63) is 29.8 Å². The number of hydrogen-bond donors (Lipinski definition) is 2. The summed E-state index contributed by atoms with van der Waals surface area (Å²) in [5, 5.41) is 11.9. The quantitative estimate of drug-likeness (QED) is 0.810. The van der Waals surface area contributed by atoms with E-state index in [2.05, 4.69) is 23.3 Å². The molecule has 0 spiro atoms. The van der Waals surface area contributed by atoms with Crippen LogP contribution in [0.3, 0.4) is 0 Å². The van der Waals surface area contributed by atoms with Gasteiger partial charge >= 0.3 is 0 Å². The van der Waals surface area contributed by atoms with Crippen LogP contribution in [0.4, 0.5) is 0 Å². The van der Waals surface area contributed by atoms with Gasteiger partial charge in [0.05, 0.1) is 17.6 Å². The molecule has 0 amide bonds. The van der Waals surface area contributed by atoms with Crippen LogP contribution in [0, 0.1) is 6.92 Å². The van der Waals surface area contributed by atoms with Crippen LogP contribution in [-0.2, 0) is 14.3 Å². The molecule has 0 saturated heterocycles. The molecule has 0 aliphatic rings. The highest BCUT2D eigenvalue weighted by atomic mass is 32.2. The second-order valence-corrected chi connectivity index (χ2v) is 6.46. The maximum absolute atomic E-state index is 11.5. The van der Waals surface area contributed by atoms with E-state index in [-0.39, 0.29) is 11.5 Å². The van der Waals surface area contributed by atoms with Crippen LogP contribution >= 0.6 is 0 Å². The van der Waals surface area contributed by atoms with Gasteiger partial charge in [-0.05, 0) is 33.0 Å². The Labute approximate surface area is 122 Å². The van der Waals surface area contributed by atoms with E-state index in [4.69, 9.17) is 5.11 Å².